The molecule has 6 nitrogen and oxygen atoms in total. The number of aromatic nitrogens is 3. The maximum atomic E-state index is 12.6. The highest BCUT2D eigenvalue weighted by Gasteiger charge is 2.11. The zero-order valence-electron chi connectivity index (χ0n) is 15.5. The van der Waals surface area contributed by atoms with Crippen molar-refractivity contribution in [2.45, 2.75) is 13.2 Å². The highest BCUT2D eigenvalue weighted by molar-refractivity contribution is 6.05. The third kappa shape index (κ3) is 3.92. The molecule has 0 spiro atoms. The van der Waals surface area contributed by atoms with Gasteiger partial charge in [-0.25, -0.2) is 9.67 Å². The SMILES string of the molecule is COCc1cccc(NC(=O)c2cnc3c(cnn3Cc3ccccc3)c2)c1. The largest absolute Gasteiger partial charge is 0.380 e. The van der Waals surface area contributed by atoms with Gasteiger partial charge in [0.2, 0.25) is 0 Å². The van der Waals surface area contributed by atoms with Gasteiger partial charge >= 0.3 is 0 Å². The van der Waals surface area contributed by atoms with E-state index in [1.54, 1.807) is 19.5 Å². The number of nitrogens with zero attached hydrogens (tertiary/aromatic N) is 3. The fourth-order valence-corrected chi connectivity index (χ4v) is 3.08. The van der Waals surface area contributed by atoms with Crippen molar-refractivity contribution in [1.82, 2.24) is 14.8 Å². The van der Waals surface area contributed by atoms with E-state index < -0.39 is 0 Å². The molecule has 4 aromatic rings. The molecule has 28 heavy (non-hydrogen) atoms. The van der Waals surface area contributed by atoms with Crippen molar-refractivity contribution in [3.63, 3.8) is 0 Å². The van der Waals surface area contributed by atoms with Crippen LogP contribution in [0.3, 0.4) is 0 Å². The number of amides is 1. The maximum Gasteiger partial charge on any atom is 0.257 e. The van der Waals surface area contributed by atoms with E-state index in [-0.39, 0.29) is 5.91 Å². The van der Waals surface area contributed by atoms with E-state index in [2.05, 4.69) is 15.4 Å². The van der Waals surface area contributed by atoms with Crippen LogP contribution in [0.1, 0.15) is 21.5 Å². The lowest BCUT2D eigenvalue weighted by Gasteiger charge is -2.08. The minimum atomic E-state index is -0.209. The van der Waals surface area contributed by atoms with E-state index in [1.165, 1.54) is 0 Å². The molecule has 1 N–H and O–H groups in total. The maximum absolute atomic E-state index is 12.6. The van der Waals surface area contributed by atoms with Gasteiger partial charge in [-0.2, -0.15) is 5.10 Å². The van der Waals surface area contributed by atoms with Gasteiger partial charge in [0.15, 0.2) is 5.65 Å². The Morgan fingerprint density at radius 2 is 1.86 bits per heavy atom. The number of pyridine rings is 1. The number of carbonyl (C=O) groups is 1. The van der Waals surface area contributed by atoms with Crippen molar-refractivity contribution in [3.8, 4) is 0 Å². The summed E-state index contributed by atoms with van der Waals surface area (Å²) in [4.78, 5) is 17.1. The first-order valence-electron chi connectivity index (χ1n) is 8.97. The average molecular weight is 372 g/mol. The summed E-state index contributed by atoms with van der Waals surface area (Å²) >= 11 is 0. The Morgan fingerprint density at radius 3 is 2.68 bits per heavy atom. The third-order valence-electron chi connectivity index (χ3n) is 4.41. The number of fused-ring (bicyclic) bond motifs is 1. The molecule has 0 radical (unpaired) electrons. The first kappa shape index (κ1) is 17.9. The monoisotopic (exact) mass is 372 g/mol. The molecule has 0 aliphatic rings. The molecule has 0 saturated carbocycles. The molecule has 0 fully saturated rings. The van der Waals surface area contributed by atoms with Crippen molar-refractivity contribution < 1.29 is 9.53 Å². The van der Waals surface area contributed by atoms with Crippen LogP contribution < -0.4 is 5.32 Å². The van der Waals surface area contributed by atoms with Gasteiger partial charge in [-0.05, 0) is 29.3 Å². The van der Waals surface area contributed by atoms with Crippen molar-refractivity contribution in [2.24, 2.45) is 0 Å². The normalized spacial score (nSPS) is 10.9. The molecule has 6 heteroatoms. The second kappa shape index (κ2) is 8.02. The van der Waals surface area contributed by atoms with E-state index in [4.69, 9.17) is 4.74 Å². The van der Waals surface area contributed by atoms with Crippen LogP contribution in [0.25, 0.3) is 11.0 Å². The molecule has 0 unspecified atom stereocenters. The highest BCUT2D eigenvalue weighted by Crippen LogP contribution is 2.17. The van der Waals surface area contributed by atoms with Gasteiger partial charge in [-0.15, -0.1) is 0 Å². The van der Waals surface area contributed by atoms with Crippen LogP contribution in [-0.2, 0) is 17.9 Å². The summed E-state index contributed by atoms with van der Waals surface area (Å²) in [7, 11) is 1.64. The van der Waals surface area contributed by atoms with Crippen LogP contribution >= 0.6 is 0 Å². The lowest BCUT2D eigenvalue weighted by Crippen LogP contribution is -2.12. The van der Waals surface area contributed by atoms with Crippen molar-refractivity contribution >= 4 is 22.6 Å². The topological polar surface area (TPSA) is 69.0 Å². The minimum Gasteiger partial charge on any atom is -0.380 e. The zero-order valence-corrected chi connectivity index (χ0v) is 15.5. The van der Waals surface area contributed by atoms with Crippen LogP contribution in [0.4, 0.5) is 5.69 Å². The number of carbonyl (C=O) groups excluding carboxylic acids is 1. The summed E-state index contributed by atoms with van der Waals surface area (Å²) in [5.41, 5.74) is 4.11. The smallest absolute Gasteiger partial charge is 0.257 e. The Labute approximate surface area is 162 Å². The average Bonchev–Trinajstić information content (AvgIpc) is 3.11. The minimum absolute atomic E-state index is 0.209. The van der Waals surface area contributed by atoms with E-state index >= 15 is 0 Å². The zero-order chi connectivity index (χ0) is 19.3. The number of benzene rings is 2. The number of hydrogen-bond acceptors (Lipinski definition) is 4. The van der Waals surface area contributed by atoms with Crippen LogP contribution in [0.5, 0.6) is 0 Å². The number of methoxy groups -OCH3 is 1. The first-order chi connectivity index (χ1) is 13.7. The van der Waals surface area contributed by atoms with Crippen molar-refractivity contribution in [3.05, 3.63) is 89.7 Å². The third-order valence-corrected chi connectivity index (χ3v) is 4.41. The summed E-state index contributed by atoms with van der Waals surface area (Å²) in [5.74, 6) is -0.209. The molecule has 4 rings (SSSR count). The van der Waals surface area contributed by atoms with E-state index in [1.807, 2.05) is 65.3 Å². The number of nitrogens with one attached hydrogen (secondary N) is 1. The molecule has 0 atom stereocenters. The predicted octanol–water partition coefficient (Wildman–Crippen LogP) is 3.88. The molecule has 2 aromatic heterocycles. The molecule has 0 aliphatic carbocycles. The number of hydrogen-bond donors (Lipinski definition) is 1. The molecule has 140 valence electrons. The highest BCUT2D eigenvalue weighted by atomic mass is 16.5. The summed E-state index contributed by atoms with van der Waals surface area (Å²) in [6.07, 6.45) is 3.32. The molecule has 1 amide bonds. The fourth-order valence-electron chi connectivity index (χ4n) is 3.08. The first-order valence-corrected chi connectivity index (χ1v) is 8.97. The van der Waals surface area contributed by atoms with Gasteiger partial charge in [0.1, 0.15) is 0 Å². The lowest BCUT2D eigenvalue weighted by molar-refractivity contribution is 0.102. The molecule has 0 saturated heterocycles. The Kier molecular flexibility index (Phi) is 5.12. The van der Waals surface area contributed by atoms with Gasteiger partial charge in [0, 0.05) is 24.4 Å². The molecular weight excluding hydrogens is 352 g/mol. The Balaban J connectivity index is 1.53. The Hall–Kier alpha value is -3.51. The van der Waals surface area contributed by atoms with Crippen LogP contribution in [0, 0.1) is 0 Å². The quantitative estimate of drug-likeness (QED) is 0.558. The number of rotatable bonds is 6. The fraction of sp³-hybridized carbons (Fsp3) is 0.136. The van der Waals surface area contributed by atoms with E-state index in [0.717, 1.165) is 27.8 Å². The molecule has 0 aliphatic heterocycles. The van der Waals surface area contributed by atoms with Gasteiger partial charge < -0.3 is 10.1 Å². The molecule has 2 aromatic carbocycles. The molecular formula is C22H20N4O2. The Morgan fingerprint density at radius 1 is 1.04 bits per heavy atom. The summed E-state index contributed by atoms with van der Waals surface area (Å²) in [5, 5.41) is 8.15. The van der Waals surface area contributed by atoms with Crippen LogP contribution in [-0.4, -0.2) is 27.8 Å². The predicted molar refractivity (Wildman–Crippen MR) is 108 cm³/mol. The van der Waals surface area contributed by atoms with Crippen LogP contribution in [0.15, 0.2) is 73.1 Å². The Bertz CT molecular complexity index is 1110. The van der Waals surface area contributed by atoms with Crippen molar-refractivity contribution in [2.75, 3.05) is 12.4 Å². The van der Waals surface area contributed by atoms with Gasteiger partial charge in [0.25, 0.3) is 5.91 Å². The molecule has 0 bridgehead atoms. The van der Waals surface area contributed by atoms with Gasteiger partial charge in [-0.1, -0.05) is 42.5 Å². The van der Waals surface area contributed by atoms with Gasteiger partial charge in [-0.3, -0.25) is 4.79 Å². The standard InChI is InChI=1S/C22H20N4O2/c1-28-15-17-8-5-9-20(10-17)25-22(27)19-11-18-13-24-26(21(18)23-12-19)14-16-6-3-2-4-7-16/h2-13H,14-15H2,1H3,(H,25,27). The summed E-state index contributed by atoms with van der Waals surface area (Å²) in [6.45, 7) is 1.13. The summed E-state index contributed by atoms with van der Waals surface area (Å²) < 4.78 is 6.97. The molecule has 2 heterocycles. The number of anilines is 1. The van der Waals surface area contributed by atoms with Crippen LogP contribution in [0.2, 0.25) is 0 Å². The van der Waals surface area contributed by atoms with Gasteiger partial charge in [0.05, 0.1) is 24.9 Å². The second-order valence-corrected chi connectivity index (χ2v) is 6.51. The number of ether oxygens (including phenoxy) is 1. The van der Waals surface area contributed by atoms with E-state index in [0.29, 0.717) is 18.7 Å². The van der Waals surface area contributed by atoms with Crippen molar-refractivity contribution in [1.29, 1.82) is 0 Å². The second-order valence-electron chi connectivity index (χ2n) is 6.51. The summed E-state index contributed by atoms with van der Waals surface area (Å²) in [6, 6.07) is 19.5. The lowest BCUT2D eigenvalue weighted by atomic mass is 10.2. The van der Waals surface area contributed by atoms with E-state index in [9.17, 15) is 4.79 Å².